The molecule has 0 aliphatic rings. The molecule has 1 N–H and O–H groups in total. The van der Waals surface area contributed by atoms with E-state index in [9.17, 15) is 13.2 Å². The summed E-state index contributed by atoms with van der Waals surface area (Å²) in [6, 6.07) is 15.8. The van der Waals surface area contributed by atoms with Gasteiger partial charge in [0.25, 0.3) is 0 Å². The maximum atomic E-state index is 12.7. The van der Waals surface area contributed by atoms with Crippen LogP contribution in [0, 0.1) is 0 Å². The molecule has 1 nitrogen and oxygen atoms in total. The fraction of sp³-hybridized carbons (Fsp3) is 0.333. The van der Waals surface area contributed by atoms with Gasteiger partial charge in [0, 0.05) is 12.1 Å². The second-order valence-corrected chi connectivity index (χ2v) is 5.60. The van der Waals surface area contributed by atoms with Crippen molar-refractivity contribution in [3.05, 3.63) is 71.3 Å². The number of alkyl halides is 3. The highest BCUT2D eigenvalue weighted by molar-refractivity contribution is 5.85. The van der Waals surface area contributed by atoms with E-state index in [4.69, 9.17) is 0 Å². The first-order valence-corrected chi connectivity index (χ1v) is 7.33. The lowest BCUT2D eigenvalue weighted by Gasteiger charge is -2.21. The molecule has 0 aliphatic heterocycles. The van der Waals surface area contributed by atoms with Gasteiger partial charge in [-0.2, -0.15) is 13.2 Å². The van der Waals surface area contributed by atoms with Crippen molar-refractivity contribution in [2.45, 2.75) is 38.5 Å². The third-order valence-corrected chi connectivity index (χ3v) is 3.63. The van der Waals surface area contributed by atoms with Crippen LogP contribution in [0.2, 0.25) is 0 Å². The van der Waals surface area contributed by atoms with Crippen LogP contribution in [0.5, 0.6) is 0 Å². The largest absolute Gasteiger partial charge is 0.416 e. The number of halogens is 4. The van der Waals surface area contributed by atoms with Gasteiger partial charge < -0.3 is 5.32 Å². The average molecular weight is 344 g/mol. The molecule has 23 heavy (non-hydrogen) atoms. The normalized spacial score (nSPS) is 14.0. The minimum absolute atomic E-state index is 0. The molecular formula is C18H21ClF3N. The highest BCUT2D eigenvalue weighted by Gasteiger charge is 2.30. The van der Waals surface area contributed by atoms with Crippen molar-refractivity contribution in [1.29, 1.82) is 0 Å². The van der Waals surface area contributed by atoms with Crippen molar-refractivity contribution >= 4 is 12.4 Å². The van der Waals surface area contributed by atoms with Gasteiger partial charge in [0.15, 0.2) is 0 Å². The molecule has 2 rings (SSSR count). The van der Waals surface area contributed by atoms with Gasteiger partial charge in [-0.15, -0.1) is 12.4 Å². The molecule has 0 unspecified atom stereocenters. The first-order valence-electron chi connectivity index (χ1n) is 7.33. The summed E-state index contributed by atoms with van der Waals surface area (Å²) in [7, 11) is 0. The van der Waals surface area contributed by atoms with E-state index in [1.165, 1.54) is 17.7 Å². The van der Waals surface area contributed by atoms with Crippen molar-refractivity contribution in [1.82, 2.24) is 5.32 Å². The highest BCUT2D eigenvalue weighted by atomic mass is 35.5. The van der Waals surface area contributed by atoms with E-state index in [0.717, 1.165) is 6.07 Å². The molecule has 0 heterocycles. The Labute approximate surface area is 141 Å². The second kappa shape index (κ2) is 8.37. The number of rotatable bonds is 5. The van der Waals surface area contributed by atoms with Gasteiger partial charge in [0.1, 0.15) is 0 Å². The molecule has 0 aromatic heterocycles. The maximum absolute atomic E-state index is 12.7. The standard InChI is InChI=1S/C18H20F3N.ClH/c1-13(22-14(2)16-8-4-3-5-9-16)11-15-7-6-10-17(12-15)18(19,20)21;/h3-10,12-14,22H,11H2,1-2H3;1H/t13-,14-;/m0./s1. The van der Waals surface area contributed by atoms with Crippen LogP contribution in [0.4, 0.5) is 13.2 Å². The molecule has 0 bridgehead atoms. The zero-order valence-corrected chi connectivity index (χ0v) is 13.9. The third kappa shape index (κ3) is 5.88. The lowest BCUT2D eigenvalue weighted by atomic mass is 10.0. The molecule has 0 saturated carbocycles. The predicted octanol–water partition coefficient (Wildman–Crippen LogP) is 5.41. The minimum Gasteiger partial charge on any atom is -0.307 e. The fourth-order valence-electron chi connectivity index (χ4n) is 2.55. The first-order chi connectivity index (χ1) is 10.4. The Morgan fingerprint density at radius 3 is 2.22 bits per heavy atom. The van der Waals surface area contributed by atoms with Crippen LogP contribution < -0.4 is 5.32 Å². The Morgan fingerprint density at radius 2 is 1.61 bits per heavy atom. The van der Waals surface area contributed by atoms with Crippen molar-refractivity contribution in [2.75, 3.05) is 0 Å². The molecule has 2 aromatic carbocycles. The Hall–Kier alpha value is -1.52. The zero-order valence-electron chi connectivity index (χ0n) is 13.1. The van der Waals surface area contributed by atoms with Crippen molar-refractivity contribution < 1.29 is 13.2 Å². The van der Waals surface area contributed by atoms with Crippen LogP contribution >= 0.6 is 12.4 Å². The molecule has 2 aromatic rings. The molecule has 0 radical (unpaired) electrons. The number of benzene rings is 2. The van der Waals surface area contributed by atoms with E-state index < -0.39 is 11.7 Å². The van der Waals surface area contributed by atoms with E-state index >= 15 is 0 Å². The Bertz CT molecular complexity index is 599. The van der Waals surface area contributed by atoms with E-state index in [-0.39, 0.29) is 24.5 Å². The van der Waals surface area contributed by atoms with Crippen LogP contribution in [0.3, 0.4) is 0 Å². The third-order valence-electron chi connectivity index (χ3n) is 3.63. The number of nitrogens with one attached hydrogen (secondary N) is 1. The molecule has 0 amide bonds. The summed E-state index contributed by atoms with van der Waals surface area (Å²) in [6.07, 6.45) is -3.73. The second-order valence-electron chi connectivity index (χ2n) is 5.60. The van der Waals surface area contributed by atoms with Crippen molar-refractivity contribution in [3.63, 3.8) is 0 Å². The smallest absolute Gasteiger partial charge is 0.307 e. The molecular weight excluding hydrogens is 323 g/mol. The summed E-state index contributed by atoms with van der Waals surface area (Å²) in [4.78, 5) is 0. The number of hydrogen-bond donors (Lipinski definition) is 1. The summed E-state index contributed by atoms with van der Waals surface area (Å²) in [5, 5.41) is 3.42. The van der Waals surface area contributed by atoms with E-state index in [0.29, 0.717) is 12.0 Å². The SMILES string of the molecule is C[C@H](N[C@@H](C)Cc1cccc(C(F)(F)F)c1)c1ccccc1.Cl. The summed E-state index contributed by atoms with van der Waals surface area (Å²) in [5.41, 5.74) is 1.27. The van der Waals surface area contributed by atoms with Gasteiger partial charge in [0.05, 0.1) is 5.56 Å². The van der Waals surface area contributed by atoms with E-state index in [1.54, 1.807) is 6.07 Å². The van der Waals surface area contributed by atoms with Crippen LogP contribution in [-0.4, -0.2) is 6.04 Å². The summed E-state index contributed by atoms with van der Waals surface area (Å²) < 4.78 is 38.2. The van der Waals surface area contributed by atoms with Crippen molar-refractivity contribution in [2.24, 2.45) is 0 Å². The van der Waals surface area contributed by atoms with Gasteiger partial charge in [-0.1, -0.05) is 48.5 Å². The minimum atomic E-state index is -4.29. The van der Waals surface area contributed by atoms with Crippen LogP contribution in [-0.2, 0) is 12.6 Å². The van der Waals surface area contributed by atoms with E-state index in [2.05, 4.69) is 12.2 Å². The lowest BCUT2D eigenvalue weighted by Crippen LogP contribution is -2.30. The fourth-order valence-corrected chi connectivity index (χ4v) is 2.55. The molecule has 2 atom stereocenters. The monoisotopic (exact) mass is 343 g/mol. The first kappa shape index (κ1) is 19.5. The summed E-state index contributed by atoms with van der Waals surface area (Å²) >= 11 is 0. The molecule has 0 fully saturated rings. The Morgan fingerprint density at radius 1 is 0.957 bits per heavy atom. The molecule has 0 aliphatic carbocycles. The van der Waals surface area contributed by atoms with Gasteiger partial charge in [-0.3, -0.25) is 0 Å². The van der Waals surface area contributed by atoms with E-state index in [1.807, 2.05) is 37.3 Å². The lowest BCUT2D eigenvalue weighted by molar-refractivity contribution is -0.137. The molecule has 0 saturated heterocycles. The van der Waals surface area contributed by atoms with Gasteiger partial charge in [0.2, 0.25) is 0 Å². The van der Waals surface area contributed by atoms with Gasteiger partial charge in [-0.05, 0) is 37.5 Å². The van der Waals surface area contributed by atoms with Crippen molar-refractivity contribution in [3.8, 4) is 0 Å². The zero-order chi connectivity index (χ0) is 16.2. The van der Waals surface area contributed by atoms with Crippen LogP contribution in [0.15, 0.2) is 54.6 Å². The predicted molar refractivity (Wildman–Crippen MR) is 89.9 cm³/mol. The summed E-state index contributed by atoms with van der Waals surface area (Å²) in [6.45, 7) is 4.04. The Kier molecular flexibility index (Phi) is 7.10. The molecule has 126 valence electrons. The van der Waals surface area contributed by atoms with Crippen LogP contribution in [0.1, 0.15) is 36.6 Å². The average Bonchev–Trinajstić information content (AvgIpc) is 2.47. The van der Waals surface area contributed by atoms with Gasteiger partial charge >= 0.3 is 6.18 Å². The van der Waals surface area contributed by atoms with Gasteiger partial charge in [-0.25, -0.2) is 0 Å². The summed E-state index contributed by atoms with van der Waals surface area (Å²) in [5.74, 6) is 0. The molecule has 5 heteroatoms. The molecule has 0 spiro atoms. The maximum Gasteiger partial charge on any atom is 0.416 e. The Balaban J connectivity index is 0.00000264. The number of hydrogen-bond acceptors (Lipinski definition) is 1. The highest BCUT2D eigenvalue weighted by Crippen LogP contribution is 2.29. The quantitative estimate of drug-likeness (QED) is 0.765. The topological polar surface area (TPSA) is 12.0 Å². The van der Waals surface area contributed by atoms with Crippen LogP contribution in [0.25, 0.3) is 0 Å².